The van der Waals surface area contributed by atoms with E-state index in [4.69, 9.17) is 16.3 Å². The molecule has 0 radical (unpaired) electrons. The third kappa shape index (κ3) is 3.26. The molecule has 98 valence electrons. The van der Waals surface area contributed by atoms with Gasteiger partial charge >= 0.3 is 0 Å². The molecule has 2 rings (SSSR count). The zero-order valence-corrected chi connectivity index (χ0v) is 11.7. The first-order chi connectivity index (χ1) is 8.61. The second-order valence-electron chi connectivity index (χ2n) is 5.22. The monoisotopic (exact) mass is 266 g/mol. The van der Waals surface area contributed by atoms with Crippen LogP contribution in [0.15, 0.2) is 12.1 Å². The molecule has 1 atom stereocenters. The van der Waals surface area contributed by atoms with E-state index in [9.17, 15) is 4.79 Å². The van der Waals surface area contributed by atoms with E-state index in [1.165, 1.54) is 12.8 Å². The minimum atomic E-state index is 0.147. The Kier molecular flexibility index (Phi) is 4.28. The molecule has 1 unspecified atom stereocenters. The van der Waals surface area contributed by atoms with Crippen molar-refractivity contribution in [3.63, 3.8) is 0 Å². The average Bonchev–Trinajstić information content (AvgIpc) is 3.11. The quantitative estimate of drug-likeness (QED) is 0.724. The van der Waals surface area contributed by atoms with E-state index < -0.39 is 0 Å². The lowest BCUT2D eigenvalue weighted by molar-refractivity contribution is -0.108. The lowest BCUT2D eigenvalue weighted by atomic mass is 9.96. The van der Waals surface area contributed by atoms with Crippen LogP contribution in [0.4, 0.5) is 0 Å². The molecule has 1 saturated carbocycles. The summed E-state index contributed by atoms with van der Waals surface area (Å²) in [5.74, 6) is 1.61. The molecule has 0 aromatic heterocycles. The van der Waals surface area contributed by atoms with Crippen LogP contribution in [0.3, 0.4) is 0 Å². The second-order valence-corrected chi connectivity index (χ2v) is 5.63. The van der Waals surface area contributed by atoms with Crippen molar-refractivity contribution in [1.82, 2.24) is 0 Å². The number of ether oxygens (including phenoxy) is 1. The highest BCUT2D eigenvalue weighted by Crippen LogP contribution is 2.38. The van der Waals surface area contributed by atoms with Crippen LogP contribution in [-0.4, -0.2) is 12.9 Å². The molecule has 1 aliphatic rings. The molecule has 1 aliphatic carbocycles. The number of benzene rings is 1. The van der Waals surface area contributed by atoms with Gasteiger partial charge in [-0.2, -0.15) is 0 Å². The van der Waals surface area contributed by atoms with Crippen LogP contribution in [0.1, 0.15) is 43.2 Å². The lowest BCUT2D eigenvalue weighted by Crippen LogP contribution is -2.05. The topological polar surface area (TPSA) is 26.3 Å². The lowest BCUT2D eigenvalue weighted by Gasteiger charge is -2.17. The molecule has 18 heavy (non-hydrogen) atoms. The highest BCUT2D eigenvalue weighted by Gasteiger charge is 2.24. The van der Waals surface area contributed by atoms with Crippen LogP contribution in [0.2, 0.25) is 5.02 Å². The third-order valence-electron chi connectivity index (χ3n) is 3.36. The van der Waals surface area contributed by atoms with Gasteiger partial charge in [0, 0.05) is 6.42 Å². The van der Waals surface area contributed by atoms with Crippen LogP contribution >= 0.6 is 11.6 Å². The molecule has 0 bridgehead atoms. The van der Waals surface area contributed by atoms with Gasteiger partial charge < -0.3 is 9.53 Å². The van der Waals surface area contributed by atoms with Gasteiger partial charge in [-0.3, -0.25) is 0 Å². The van der Waals surface area contributed by atoms with Crippen molar-refractivity contribution in [2.24, 2.45) is 5.92 Å². The maximum atomic E-state index is 10.7. The van der Waals surface area contributed by atoms with E-state index in [1.807, 2.05) is 19.9 Å². The number of aryl methyl sites for hydroxylation is 1. The maximum Gasteiger partial charge on any atom is 0.141 e. The van der Waals surface area contributed by atoms with Crippen LogP contribution < -0.4 is 4.74 Å². The fraction of sp³-hybridized carbons (Fsp3) is 0.533. The molecule has 0 heterocycles. The molecule has 0 spiro atoms. The molecule has 0 amide bonds. The summed E-state index contributed by atoms with van der Waals surface area (Å²) in [5.41, 5.74) is 2.15. The average molecular weight is 267 g/mol. The molecule has 0 aliphatic heterocycles. The van der Waals surface area contributed by atoms with Gasteiger partial charge in [0.25, 0.3) is 0 Å². The van der Waals surface area contributed by atoms with E-state index >= 15 is 0 Å². The minimum Gasteiger partial charge on any atom is -0.491 e. The molecule has 1 fully saturated rings. The van der Waals surface area contributed by atoms with Crippen molar-refractivity contribution in [3.8, 4) is 5.75 Å². The minimum absolute atomic E-state index is 0.147. The van der Waals surface area contributed by atoms with Crippen molar-refractivity contribution in [3.05, 3.63) is 28.3 Å². The Morgan fingerprint density at radius 2 is 2.22 bits per heavy atom. The maximum absolute atomic E-state index is 10.7. The Bertz CT molecular complexity index is 438. The summed E-state index contributed by atoms with van der Waals surface area (Å²) in [4.78, 5) is 10.7. The standard InChI is InChI=1S/C15H19ClO2/c1-10-7-13(11(2)5-6-17)15(14(16)8-10)18-9-12-3-4-12/h6-8,11-12H,3-5,9H2,1-2H3. The van der Waals surface area contributed by atoms with E-state index in [0.717, 1.165) is 29.8 Å². The highest BCUT2D eigenvalue weighted by molar-refractivity contribution is 6.32. The third-order valence-corrected chi connectivity index (χ3v) is 3.64. The Morgan fingerprint density at radius 3 is 2.83 bits per heavy atom. The summed E-state index contributed by atoms with van der Waals surface area (Å²) in [6, 6.07) is 3.99. The first-order valence-electron chi connectivity index (χ1n) is 6.48. The SMILES string of the molecule is Cc1cc(Cl)c(OCC2CC2)c(C(C)CC=O)c1. The summed E-state index contributed by atoms with van der Waals surface area (Å²) >= 11 is 6.27. The number of rotatable bonds is 6. The van der Waals surface area contributed by atoms with E-state index in [1.54, 1.807) is 0 Å². The Labute approximate surface area is 113 Å². The largest absolute Gasteiger partial charge is 0.491 e. The second kappa shape index (κ2) is 5.75. The first-order valence-corrected chi connectivity index (χ1v) is 6.86. The van der Waals surface area contributed by atoms with Crippen molar-refractivity contribution >= 4 is 17.9 Å². The zero-order chi connectivity index (χ0) is 13.1. The summed E-state index contributed by atoms with van der Waals surface area (Å²) < 4.78 is 5.87. The number of hydrogen-bond acceptors (Lipinski definition) is 2. The van der Waals surface area contributed by atoms with Crippen LogP contribution in [0.5, 0.6) is 5.75 Å². The molecule has 0 N–H and O–H groups in total. The first kappa shape index (κ1) is 13.4. The predicted molar refractivity (Wildman–Crippen MR) is 73.5 cm³/mol. The highest BCUT2D eigenvalue weighted by atomic mass is 35.5. The molecule has 0 saturated heterocycles. The van der Waals surface area contributed by atoms with E-state index in [0.29, 0.717) is 17.4 Å². The number of hydrogen-bond donors (Lipinski definition) is 0. The molecular weight excluding hydrogens is 248 g/mol. The number of aldehydes is 1. The van der Waals surface area contributed by atoms with Gasteiger partial charge in [-0.15, -0.1) is 0 Å². The normalized spacial score (nSPS) is 16.4. The van der Waals surface area contributed by atoms with Crippen molar-refractivity contribution in [2.75, 3.05) is 6.61 Å². The van der Waals surface area contributed by atoms with Crippen LogP contribution in [0, 0.1) is 12.8 Å². The van der Waals surface area contributed by atoms with Crippen molar-refractivity contribution < 1.29 is 9.53 Å². The summed E-state index contributed by atoms with van der Waals surface area (Å²) in [7, 11) is 0. The number of carbonyl (C=O) groups excluding carboxylic acids is 1. The fourth-order valence-corrected chi connectivity index (χ4v) is 2.37. The molecule has 1 aromatic carbocycles. The van der Waals surface area contributed by atoms with Crippen LogP contribution in [-0.2, 0) is 4.79 Å². The van der Waals surface area contributed by atoms with Gasteiger partial charge in [0.05, 0.1) is 11.6 Å². The van der Waals surface area contributed by atoms with E-state index in [2.05, 4.69) is 6.07 Å². The van der Waals surface area contributed by atoms with Gasteiger partial charge in [0.15, 0.2) is 0 Å². The summed E-state index contributed by atoms with van der Waals surface area (Å²) in [5, 5.41) is 0.656. The molecular formula is C15H19ClO2. The summed E-state index contributed by atoms with van der Waals surface area (Å²) in [6.45, 7) is 4.78. The van der Waals surface area contributed by atoms with Crippen molar-refractivity contribution in [2.45, 2.75) is 39.0 Å². The van der Waals surface area contributed by atoms with Gasteiger partial charge in [0.2, 0.25) is 0 Å². The Morgan fingerprint density at radius 1 is 1.50 bits per heavy atom. The molecule has 2 nitrogen and oxygen atoms in total. The predicted octanol–water partition coefficient (Wildman–Crippen LogP) is 4.13. The zero-order valence-electron chi connectivity index (χ0n) is 10.9. The Balaban J connectivity index is 2.24. The molecule has 1 aromatic rings. The van der Waals surface area contributed by atoms with Gasteiger partial charge in [-0.05, 0) is 48.8 Å². The van der Waals surface area contributed by atoms with E-state index in [-0.39, 0.29) is 5.92 Å². The number of carbonyl (C=O) groups is 1. The van der Waals surface area contributed by atoms with Crippen LogP contribution in [0.25, 0.3) is 0 Å². The van der Waals surface area contributed by atoms with Gasteiger partial charge in [-0.25, -0.2) is 0 Å². The van der Waals surface area contributed by atoms with Gasteiger partial charge in [0.1, 0.15) is 12.0 Å². The van der Waals surface area contributed by atoms with Crippen molar-refractivity contribution in [1.29, 1.82) is 0 Å². The Hall–Kier alpha value is -1.02. The number of halogens is 1. The summed E-state index contributed by atoms with van der Waals surface area (Å²) in [6.07, 6.45) is 3.95. The van der Waals surface area contributed by atoms with Gasteiger partial charge in [-0.1, -0.05) is 24.6 Å². The molecule has 3 heteroatoms. The smallest absolute Gasteiger partial charge is 0.141 e. The fourth-order valence-electron chi connectivity index (χ4n) is 2.03.